The van der Waals surface area contributed by atoms with E-state index in [1.807, 2.05) is 12.1 Å². The summed E-state index contributed by atoms with van der Waals surface area (Å²) in [5, 5.41) is 2.07. The van der Waals surface area contributed by atoms with E-state index in [2.05, 4.69) is 41.6 Å². The van der Waals surface area contributed by atoms with Gasteiger partial charge in [-0.15, -0.1) is 11.3 Å². The number of aromatic nitrogens is 1. The molecule has 3 rings (SSSR count). The molecule has 0 fully saturated rings. The predicted molar refractivity (Wildman–Crippen MR) is 126 cm³/mol. The monoisotopic (exact) mass is 410 g/mol. The van der Waals surface area contributed by atoms with Gasteiger partial charge >= 0.3 is 0 Å². The molecule has 1 aliphatic heterocycles. The Labute approximate surface area is 179 Å². The van der Waals surface area contributed by atoms with Crippen molar-refractivity contribution in [1.29, 1.82) is 0 Å². The number of nitrogens with zero attached hydrogens (tertiary/aromatic N) is 1. The summed E-state index contributed by atoms with van der Waals surface area (Å²) in [6, 6.07) is 8.48. The predicted octanol–water partition coefficient (Wildman–Crippen LogP) is 7.52. The molecule has 3 heterocycles. The number of aryl methyl sites for hydroxylation is 1. The second-order valence-electron chi connectivity index (χ2n) is 7.73. The molecule has 3 nitrogen and oxygen atoms in total. The lowest BCUT2D eigenvalue weighted by molar-refractivity contribution is 0.303. The third-order valence-corrected chi connectivity index (χ3v) is 6.26. The number of H-pyrrole nitrogens is 1. The van der Waals surface area contributed by atoms with Crippen LogP contribution in [0, 0.1) is 0 Å². The van der Waals surface area contributed by atoms with Crippen LogP contribution < -0.4 is 0 Å². The van der Waals surface area contributed by atoms with E-state index in [-0.39, 0.29) is 0 Å². The van der Waals surface area contributed by atoms with Crippen LogP contribution in [0.3, 0.4) is 0 Å². The fourth-order valence-electron chi connectivity index (χ4n) is 3.70. The summed E-state index contributed by atoms with van der Waals surface area (Å²) in [5.74, 6) is 0.823. The maximum Gasteiger partial charge on any atom is 0.146 e. The van der Waals surface area contributed by atoms with Crippen LogP contribution in [0.4, 0.5) is 0 Å². The van der Waals surface area contributed by atoms with Crippen LogP contribution in [0.15, 0.2) is 52.2 Å². The maximum atomic E-state index is 5.53. The first-order valence-corrected chi connectivity index (χ1v) is 12.0. The van der Waals surface area contributed by atoms with Crippen molar-refractivity contribution in [3.8, 4) is 0 Å². The fourth-order valence-corrected chi connectivity index (χ4v) is 4.38. The molecule has 1 N–H and O–H groups in total. The summed E-state index contributed by atoms with van der Waals surface area (Å²) in [5.41, 5.74) is 4.25. The summed E-state index contributed by atoms with van der Waals surface area (Å²) < 4.78 is 5.53. The zero-order chi connectivity index (χ0) is 20.3. The first-order chi connectivity index (χ1) is 14.3. The number of aliphatic imine (C=N–C) groups is 1. The summed E-state index contributed by atoms with van der Waals surface area (Å²) >= 11 is 1.70. The van der Waals surface area contributed by atoms with E-state index in [1.165, 1.54) is 68.4 Å². The van der Waals surface area contributed by atoms with Gasteiger partial charge in [-0.3, -0.25) is 0 Å². The van der Waals surface area contributed by atoms with Crippen molar-refractivity contribution >= 4 is 23.1 Å². The molecule has 0 aromatic carbocycles. The van der Waals surface area contributed by atoms with Gasteiger partial charge in [-0.05, 0) is 42.5 Å². The third kappa shape index (κ3) is 6.74. The molecule has 29 heavy (non-hydrogen) atoms. The number of methoxy groups -OCH3 is 1. The Bertz CT molecular complexity index is 827. The quantitative estimate of drug-likeness (QED) is 0.341. The van der Waals surface area contributed by atoms with Crippen molar-refractivity contribution < 1.29 is 4.74 Å². The van der Waals surface area contributed by atoms with E-state index in [1.54, 1.807) is 18.4 Å². The number of aromatic amines is 1. The lowest BCUT2D eigenvalue weighted by atomic mass is 10.1. The summed E-state index contributed by atoms with van der Waals surface area (Å²) in [6.07, 6.45) is 17.5. The number of unbranched alkanes of at least 4 members (excludes halogenated alkanes) is 8. The van der Waals surface area contributed by atoms with Crippen molar-refractivity contribution in [3.63, 3.8) is 0 Å². The lowest BCUT2D eigenvalue weighted by Gasteiger charge is -2.02. The van der Waals surface area contributed by atoms with Crippen LogP contribution >= 0.6 is 11.3 Å². The van der Waals surface area contributed by atoms with Crippen molar-refractivity contribution in [2.75, 3.05) is 7.11 Å². The zero-order valence-electron chi connectivity index (χ0n) is 17.9. The highest BCUT2D eigenvalue weighted by Crippen LogP contribution is 2.26. The Morgan fingerprint density at radius 3 is 2.45 bits per heavy atom. The topological polar surface area (TPSA) is 37.4 Å². The first-order valence-electron chi connectivity index (χ1n) is 11.1. The third-order valence-electron chi connectivity index (χ3n) is 5.37. The number of allylic oxidation sites excluding steroid dienone is 1. The molecule has 156 valence electrons. The van der Waals surface area contributed by atoms with Crippen LogP contribution in [0.1, 0.15) is 81.0 Å². The highest BCUT2D eigenvalue weighted by Gasteiger charge is 2.17. The molecule has 0 unspecified atom stereocenters. The van der Waals surface area contributed by atoms with Gasteiger partial charge in [0.1, 0.15) is 11.5 Å². The maximum absolute atomic E-state index is 5.53. The van der Waals surface area contributed by atoms with Gasteiger partial charge in [0.2, 0.25) is 0 Å². The van der Waals surface area contributed by atoms with Gasteiger partial charge in [-0.25, -0.2) is 4.99 Å². The van der Waals surface area contributed by atoms with E-state index in [4.69, 9.17) is 9.73 Å². The molecule has 0 radical (unpaired) electrons. The second kappa shape index (κ2) is 11.8. The number of thiophene rings is 1. The zero-order valence-corrected chi connectivity index (χ0v) is 18.7. The van der Waals surface area contributed by atoms with Crippen LogP contribution in [0.25, 0.3) is 6.08 Å². The minimum Gasteiger partial charge on any atom is -0.494 e. The molecule has 0 aliphatic carbocycles. The standard InChI is InChI=1S/C25H34N2OS/c1-3-4-5-6-7-8-9-10-11-13-20-15-16-21(26-20)18-22-24(28-2)19-23(27-22)25-14-12-17-29-25/h12,14-19,26H,3-11,13H2,1-2H3/b22-18-. The van der Waals surface area contributed by atoms with Gasteiger partial charge in [-0.2, -0.15) is 0 Å². The van der Waals surface area contributed by atoms with Gasteiger partial charge in [0.05, 0.1) is 17.7 Å². The van der Waals surface area contributed by atoms with Gasteiger partial charge in [0, 0.05) is 17.5 Å². The second-order valence-corrected chi connectivity index (χ2v) is 8.68. The average molecular weight is 411 g/mol. The van der Waals surface area contributed by atoms with Crippen molar-refractivity contribution in [3.05, 3.63) is 63.4 Å². The highest BCUT2D eigenvalue weighted by atomic mass is 32.1. The molecular weight excluding hydrogens is 376 g/mol. The van der Waals surface area contributed by atoms with Crippen molar-refractivity contribution in [2.24, 2.45) is 4.99 Å². The Morgan fingerprint density at radius 2 is 1.76 bits per heavy atom. The van der Waals surface area contributed by atoms with Crippen LogP contribution in [-0.2, 0) is 11.2 Å². The lowest BCUT2D eigenvalue weighted by Crippen LogP contribution is -1.88. The summed E-state index contributed by atoms with van der Waals surface area (Å²) in [4.78, 5) is 9.46. The Balaban J connectivity index is 1.44. The SMILES string of the molecule is CCCCCCCCCCCc1ccc(/C=C2\N=C(c3cccs3)C=C2OC)[nH]1. The Morgan fingerprint density at radius 1 is 1.00 bits per heavy atom. The van der Waals surface area contributed by atoms with Crippen LogP contribution in [0.5, 0.6) is 0 Å². The molecule has 0 saturated heterocycles. The highest BCUT2D eigenvalue weighted by molar-refractivity contribution is 7.12. The number of hydrogen-bond donors (Lipinski definition) is 1. The Kier molecular flexibility index (Phi) is 8.82. The molecule has 1 aliphatic rings. The van der Waals surface area contributed by atoms with Gasteiger partial charge in [-0.1, -0.05) is 64.4 Å². The normalized spacial score (nSPS) is 15.0. The molecule has 2 aromatic rings. The Hall–Kier alpha value is -2.07. The minimum atomic E-state index is 0.823. The largest absolute Gasteiger partial charge is 0.494 e. The average Bonchev–Trinajstić information content (AvgIpc) is 3.48. The van der Waals surface area contributed by atoms with Gasteiger partial charge < -0.3 is 9.72 Å². The van der Waals surface area contributed by atoms with Gasteiger partial charge in [0.25, 0.3) is 0 Å². The molecule has 2 aromatic heterocycles. The molecular formula is C25H34N2OS. The minimum absolute atomic E-state index is 0.823. The number of hydrogen-bond acceptors (Lipinski definition) is 3. The van der Waals surface area contributed by atoms with E-state index in [0.717, 1.165) is 29.3 Å². The first kappa shape index (κ1) is 21.6. The molecule has 4 heteroatoms. The van der Waals surface area contributed by atoms with E-state index in [9.17, 15) is 0 Å². The molecule has 0 saturated carbocycles. The number of rotatable bonds is 13. The number of ether oxygens (including phenoxy) is 1. The molecule has 0 spiro atoms. The van der Waals surface area contributed by atoms with Crippen LogP contribution in [0.2, 0.25) is 0 Å². The van der Waals surface area contributed by atoms with Crippen LogP contribution in [-0.4, -0.2) is 17.8 Å². The summed E-state index contributed by atoms with van der Waals surface area (Å²) in [7, 11) is 1.70. The van der Waals surface area contributed by atoms with Crippen molar-refractivity contribution in [1.82, 2.24) is 4.98 Å². The van der Waals surface area contributed by atoms with E-state index in [0.29, 0.717) is 0 Å². The van der Waals surface area contributed by atoms with E-state index >= 15 is 0 Å². The molecule has 0 atom stereocenters. The fraction of sp³-hybridized carbons (Fsp3) is 0.480. The summed E-state index contributed by atoms with van der Waals surface area (Å²) in [6.45, 7) is 2.28. The van der Waals surface area contributed by atoms with E-state index < -0.39 is 0 Å². The molecule has 0 bridgehead atoms. The number of nitrogens with one attached hydrogen (secondary N) is 1. The molecule has 0 amide bonds. The smallest absolute Gasteiger partial charge is 0.146 e. The van der Waals surface area contributed by atoms with Crippen molar-refractivity contribution in [2.45, 2.75) is 71.1 Å². The van der Waals surface area contributed by atoms with Gasteiger partial charge in [0.15, 0.2) is 0 Å².